The molecule has 2 aliphatic rings. The molecule has 0 aromatic heterocycles. The lowest BCUT2D eigenvalue weighted by Gasteiger charge is -2.35. The van der Waals surface area contributed by atoms with Crippen molar-refractivity contribution >= 4 is 0 Å². The van der Waals surface area contributed by atoms with E-state index in [4.69, 9.17) is 0 Å². The van der Waals surface area contributed by atoms with Crippen LogP contribution in [0.2, 0.25) is 0 Å². The fourth-order valence-corrected chi connectivity index (χ4v) is 4.36. The molecule has 2 heteroatoms. The molecule has 20 heavy (non-hydrogen) atoms. The number of hydrogen-bond donors (Lipinski definition) is 1. The number of rotatable bonds is 6. The SMILES string of the molecule is CN(CC1CC2CCC1C2)CC(C)(C)CNC(C)(C)C. The number of nitrogens with zero attached hydrogens (tertiary/aromatic N) is 1. The molecule has 0 heterocycles. The van der Waals surface area contributed by atoms with Gasteiger partial charge in [0.25, 0.3) is 0 Å². The summed E-state index contributed by atoms with van der Waals surface area (Å²) >= 11 is 0. The average molecular weight is 280 g/mol. The molecule has 0 saturated heterocycles. The van der Waals surface area contributed by atoms with Crippen molar-refractivity contribution in [1.82, 2.24) is 10.2 Å². The summed E-state index contributed by atoms with van der Waals surface area (Å²) in [5.74, 6) is 3.12. The van der Waals surface area contributed by atoms with Gasteiger partial charge in [-0.2, -0.15) is 0 Å². The van der Waals surface area contributed by atoms with Crippen LogP contribution in [0.15, 0.2) is 0 Å². The fraction of sp³-hybridized carbons (Fsp3) is 1.00. The smallest absolute Gasteiger partial charge is 0.00967 e. The second-order valence-electron chi connectivity index (χ2n) is 9.40. The van der Waals surface area contributed by atoms with Crippen LogP contribution in [0, 0.1) is 23.2 Å². The Hall–Kier alpha value is -0.0800. The van der Waals surface area contributed by atoms with Crippen molar-refractivity contribution in [3.8, 4) is 0 Å². The first-order valence-corrected chi connectivity index (χ1v) is 8.58. The van der Waals surface area contributed by atoms with Crippen molar-refractivity contribution in [2.24, 2.45) is 23.2 Å². The molecule has 0 radical (unpaired) electrons. The number of nitrogens with one attached hydrogen (secondary N) is 1. The summed E-state index contributed by atoms with van der Waals surface area (Å²) in [5.41, 5.74) is 0.570. The molecular weight excluding hydrogens is 244 g/mol. The average Bonchev–Trinajstić information content (AvgIpc) is 2.86. The van der Waals surface area contributed by atoms with Crippen molar-refractivity contribution in [2.45, 2.75) is 65.8 Å². The van der Waals surface area contributed by atoms with Gasteiger partial charge in [-0.3, -0.25) is 0 Å². The first-order chi connectivity index (χ1) is 9.15. The molecule has 3 atom stereocenters. The molecule has 0 amide bonds. The third kappa shape index (κ3) is 4.73. The lowest BCUT2D eigenvalue weighted by atomic mass is 9.87. The summed E-state index contributed by atoms with van der Waals surface area (Å²) in [6, 6.07) is 0. The van der Waals surface area contributed by atoms with Crippen LogP contribution in [-0.4, -0.2) is 37.1 Å². The Morgan fingerprint density at radius 1 is 1.05 bits per heavy atom. The summed E-state index contributed by atoms with van der Waals surface area (Å²) in [7, 11) is 2.32. The normalized spacial score (nSPS) is 30.4. The summed E-state index contributed by atoms with van der Waals surface area (Å²) in [4.78, 5) is 2.59. The Balaban J connectivity index is 1.74. The summed E-state index contributed by atoms with van der Waals surface area (Å²) in [5, 5.41) is 3.66. The Kier molecular flexibility index (Phi) is 4.86. The van der Waals surface area contributed by atoms with E-state index in [1.807, 2.05) is 0 Å². The topological polar surface area (TPSA) is 15.3 Å². The van der Waals surface area contributed by atoms with Gasteiger partial charge in [0, 0.05) is 25.2 Å². The zero-order chi connectivity index (χ0) is 15.0. The van der Waals surface area contributed by atoms with E-state index >= 15 is 0 Å². The lowest BCUT2D eigenvalue weighted by Crippen LogP contribution is -2.46. The largest absolute Gasteiger partial charge is 0.311 e. The number of fused-ring (bicyclic) bond motifs is 2. The summed E-state index contributed by atoms with van der Waals surface area (Å²) in [6.07, 6.45) is 6.08. The van der Waals surface area contributed by atoms with E-state index in [2.05, 4.69) is 51.9 Å². The van der Waals surface area contributed by atoms with Crippen molar-refractivity contribution in [3.63, 3.8) is 0 Å². The van der Waals surface area contributed by atoms with Gasteiger partial charge in [-0.05, 0) is 70.3 Å². The van der Waals surface area contributed by atoms with Crippen LogP contribution in [0.4, 0.5) is 0 Å². The predicted octanol–water partition coefficient (Wildman–Crippen LogP) is 3.77. The van der Waals surface area contributed by atoms with Gasteiger partial charge >= 0.3 is 0 Å². The minimum absolute atomic E-state index is 0.223. The first-order valence-electron chi connectivity index (χ1n) is 8.58. The zero-order valence-corrected chi connectivity index (χ0v) is 14.6. The highest BCUT2D eigenvalue weighted by atomic mass is 15.1. The Morgan fingerprint density at radius 2 is 1.75 bits per heavy atom. The van der Waals surface area contributed by atoms with Crippen molar-refractivity contribution < 1.29 is 0 Å². The van der Waals surface area contributed by atoms with Crippen LogP contribution in [0.5, 0.6) is 0 Å². The van der Waals surface area contributed by atoms with Crippen LogP contribution in [0.25, 0.3) is 0 Å². The van der Waals surface area contributed by atoms with E-state index in [1.54, 1.807) is 0 Å². The van der Waals surface area contributed by atoms with Crippen LogP contribution in [-0.2, 0) is 0 Å². The first kappa shape index (κ1) is 16.3. The summed E-state index contributed by atoms with van der Waals surface area (Å²) in [6.45, 7) is 15.2. The molecule has 3 unspecified atom stereocenters. The number of hydrogen-bond acceptors (Lipinski definition) is 2. The molecular formula is C18H36N2. The van der Waals surface area contributed by atoms with E-state index in [9.17, 15) is 0 Å². The molecule has 2 fully saturated rings. The maximum absolute atomic E-state index is 3.66. The molecule has 2 aliphatic carbocycles. The minimum atomic E-state index is 0.223. The molecule has 2 saturated carbocycles. The highest BCUT2D eigenvalue weighted by molar-refractivity contribution is 4.91. The van der Waals surface area contributed by atoms with E-state index in [1.165, 1.54) is 38.8 Å². The van der Waals surface area contributed by atoms with Gasteiger partial charge in [-0.15, -0.1) is 0 Å². The van der Waals surface area contributed by atoms with Gasteiger partial charge in [0.1, 0.15) is 0 Å². The van der Waals surface area contributed by atoms with E-state index < -0.39 is 0 Å². The van der Waals surface area contributed by atoms with Gasteiger partial charge in [0.05, 0.1) is 0 Å². The highest BCUT2D eigenvalue weighted by Gasteiger charge is 2.39. The molecule has 0 aromatic rings. The van der Waals surface area contributed by atoms with E-state index in [0.717, 1.165) is 24.3 Å². The van der Waals surface area contributed by atoms with Gasteiger partial charge in [0.2, 0.25) is 0 Å². The molecule has 2 bridgehead atoms. The van der Waals surface area contributed by atoms with E-state index in [-0.39, 0.29) is 5.54 Å². The van der Waals surface area contributed by atoms with Crippen molar-refractivity contribution in [2.75, 3.05) is 26.7 Å². The monoisotopic (exact) mass is 280 g/mol. The van der Waals surface area contributed by atoms with Crippen LogP contribution >= 0.6 is 0 Å². The van der Waals surface area contributed by atoms with Gasteiger partial charge in [-0.1, -0.05) is 20.3 Å². The van der Waals surface area contributed by atoms with Crippen LogP contribution < -0.4 is 5.32 Å². The minimum Gasteiger partial charge on any atom is -0.311 e. The third-order valence-electron chi connectivity index (χ3n) is 5.23. The molecule has 0 aromatic carbocycles. The van der Waals surface area contributed by atoms with Crippen LogP contribution in [0.3, 0.4) is 0 Å². The summed E-state index contributed by atoms with van der Waals surface area (Å²) < 4.78 is 0. The van der Waals surface area contributed by atoms with Crippen molar-refractivity contribution in [3.05, 3.63) is 0 Å². The Bertz CT molecular complexity index is 316. The predicted molar refractivity (Wildman–Crippen MR) is 88.0 cm³/mol. The zero-order valence-electron chi connectivity index (χ0n) is 14.6. The molecule has 0 spiro atoms. The molecule has 118 valence electrons. The Morgan fingerprint density at radius 3 is 2.25 bits per heavy atom. The van der Waals surface area contributed by atoms with Crippen LogP contribution in [0.1, 0.15) is 60.3 Å². The van der Waals surface area contributed by atoms with Gasteiger partial charge < -0.3 is 10.2 Å². The standard InChI is InChI=1S/C18H36N2/c1-17(2,3)19-12-18(4,5)13-20(6)11-16-10-14-7-8-15(16)9-14/h14-16,19H,7-13H2,1-6H3. The molecule has 2 nitrogen and oxygen atoms in total. The van der Waals surface area contributed by atoms with Gasteiger partial charge in [0.15, 0.2) is 0 Å². The maximum atomic E-state index is 3.66. The quantitative estimate of drug-likeness (QED) is 0.797. The molecule has 0 aliphatic heterocycles. The van der Waals surface area contributed by atoms with E-state index in [0.29, 0.717) is 5.41 Å². The molecule has 2 rings (SSSR count). The Labute approximate surface area is 126 Å². The second-order valence-corrected chi connectivity index (χ2v) is 9.40. The van der Waals surface area contributed by atoms with Gasteiger partial charge in [-0.25, -0.2) is 0 Å². The molecule has 1 N–H and O–H groups in total. The highest BCUT2D eigenvalue weighted by Crippen LogP contribution is 2.48. The van der Waals surface area contributed by atoms with Crippen molar-refractivity contribution in [1.29, 1.82) is 0 Å². The second kappa shape index (κ2) is 5.96. The lowest BCUT2D eigenvalue weighted by molar-refractivity contribution is 0.154. The third-order valence-corrected chi connectivity index (χ3v) is 5.23. The fourth-order valence-electron chi connectivity index (χ4n) is 4.36. The maximum Gasteiger partial charge on any atom is 0.00967 e.